The van der Waals surface area contributed by atoms with Gasteiger partial charge in [-0.1, -0.05) is 12.1 Å². The molecule has 3 rings (SSSR count). The molecule has 1 N–H and O–H groups in total. The summed E-state index contributed by atoms with van der Waals surface area (Å²) in [5, 5.41) is 4.51. The number of nitrogens with one attached hydrogen (secondary N) is 1. The highest BCUT2D eigenvalue weighted by Crippen LogP contribution is 2.29. The van der Waals surface area contributed by atoms with Crippen LogP contribution in [0.4, 0.5) is 5.82 Å². The Morgan fingerprint density at radius 2 is 2.05 bits per heavy atom. The van der Waals surface area contributed by atoms with Gasteiger partial charge in [0, 0.05) is 31.6 Å². The van der Waals surface area contributed by atoms with Gasteiger partial charge in [0.05, 0.1) is 12.1 Å². The third-order valence-electron chi connectivity index (χ3n) is 3.58. The summed E-state index contributed by atoms with van der Waals surface area (Å²) in [6, 6.07) is 6.64. The number of hydrogen-bond acceptors (Lipinski definition) is 5. The maximum Gasteiger partial charge on any atom is 0.318 e. The molecule has 1 saturated heterocycles. The number of hydrogen-bond donors (Lipinski definition) is 1. The van der Waals surface area contributed by atoms with Gasteiger partial charge in [-0.25, -0.2) is 0 Å². The van der Waals surface area contributed by atoms with Gasteiger partial charge in [-0.05, 0) is 25.5 Å². The van der Waals surface area contributed by atoms with E-state index < -0.39 is 0 Å². The van der Waals surface area contributed by atoms with E-state index in [2.05, 4.69) is 33.2 Å². The van der Waals surface area contributed by atoms with Crippen molar-refractivity contribution in [3.63, 3.8) is 0 Å². The average molecular weight is 272 g/mol. The number of benzene rings is 1. The zero-order valence-corrected chi connectivity index (χ0v) is 12.0. The largest absolute Gasteiger partial charge is 0.464 e. The topological polar surface area (TPSA) is 50.3 Å². The van der Waals surface area contributed by atoms with E-state index in [1.165, 1.54) is 5.56 Å². The Labute approximate surface area is 119 Å². The number of fused-ring (bicyclic) bond motifs is 1. The molecule has 1 aromatic carbocycles. The lowest BCUT2D eigenvalue weighted by molar-refractivity contribution is 0.314. The summed E-state index contributed by atoms with van der Waals surface area (Å²) in [7, 11) is 0. The number of aromatic nitrogens is 2. The Morgan fingerprint density at radius 1 is 1.25 bits per heavy atom. The van der Waals surface area contributed by atoms with Crippen LogP contribution in [0.2, 0.25) is 0 Å². The Hall–Kier alpha value is -1.88. The van der Waals surface area contributed by atoms with Gasteiger partial charge in [0.15, 0.2) is 0 Å². The van der Waals surface area contributed by atoms with E-state index in [-0.39, 0.29) is 0 Å². The molecule has 2 aromatic rings. The molecule has 1 aliphatic heterocycles. The first-order valence-corrected chi connectivity index (χ1v) is 7.15. The first-order valence-electron chi connectivity index (χ1n) is 7.15. The van der Waals surface area contributed by atoms with Gasteiger partial charge in [0.1, 0.15) is 5.82 Å². The van der Waals surface area contributed by atoms with Gasteiger partial charge in [0.25, 0.3) is 0 Å². The Morgan fingerprint density at radius 3 is 2.80 bits per heavy atom. The second-order valence-corrected chi connectivity index (χ2v) is 4.97. The van der Waals surface area contributed by atoms with Crippen LogP contribution in [0.3, 0.4) is 0 Å². The van der Waals surface area contributed by atoms with Crippen molar-refractivity contribution in [3.8, 4) is 6.01 Å². The summed E-state index contributed by atoms with van der Waals surface area (Å²) in [5.74, 6) is 0.998. The Bertz CT molecular complexity index is 608. The summed E-state index contributed by atoms with van der Waals surface area (Å²) >= 11 is 0. The molecule has 2 heterocycles. The highest BCUT2D eigenvalue weighted by Gasteiger charge is 2.18. The molecule has 1 fully saturated rings. The van der Waals surface area contributed by atoms with Gasteiger partial charge >= 0.3 is 6.01 Å². The van der Waals surface area contributed by atoms with Crippen molar-refractivity contribution >= 4 is 16.7 Å². The molecule has 1 aliphatic rings. The van der Waals surface area contributed by atoms with Gasteiger partial charge in [-0.3, -0.25) is 0 Å². The quantitative estimate of drug-likeness (QED) is 0.922. The van der Waals surface area contributed by atoms with E-state index in [0.717, 1.165) is 42.9 Å². The second kappa shape index (κ2) is 5.63. The second-order valence-electron chi connectivity index (χ2n) is 4.97. The normalized spacial score (nSPS) is 15.6. The Balaban J connectivity index is 2.15. The van der Waals surface area contributed by atoms with E-state index in [1.54, 1.807) is 0 Å². The first kappa shape index (κ1) is 13.1. The molecule has 5 nitrogen and oxygen atoms in total. The van der Waals surface area contributed by atoms with Crippen LogP contribution < -0.4 is 15.0 Å². The molecule has 0 saturated carbocycles. The van der Waals surface area contributed by atoms with E-state index in [1.807, 2.05) is 19.1 Å². The van der Waals surface area contributed by atoms with E-state index >= 15 is 0 Å². The molecule has 1 aromatic heterocycles. The maximum atomic E-state index is 5.52. The summed E-state index contributed by atoms with van der Waals surface area (Å²) in [6.45, 7) is 8.55. The molecular formula is C15H20N4O. The number of nitrogens with zero attached hydrogens (tertiary/aromatic N) is 3. The number of aryl methyl sites for hydroxylation is 1. The van der Waals surface area contributed by atoms with Gasteiger partial charge in [0.2, 0.25) is 0 Å². The summed E-state index contributed by atoms with van der Waals surface area (Å²) in [4.78, 5) is 11.5. The van der Waals surface area contributed by atoms with E-state index in [9.17, 15) is 0 Å². The SMILES string of the molecule is CCOc1nc(N2CCNCC2)c2c(C)cccc2n1. The molecule has 0 unspecified atom stereocenters. The molecule has 20 heavy (non-hydrogen) atoms. The zero-order chi connectivity index (χ0) is 13.9. The van der Waals surface area contributed by atoms with Crippen LogP contribution in [-0.4, -0.2) is 42.8 Å². The molecule has 0 spiro atoms. The number of anilines is 1. The molecule has 0 radical (unpaired) electrons. The highest BCUT2D eigenvalue weighted by atomic mass is 16.5. The molecular weight excluding hydrogens is 252 g/mol. The Kier molecular flexibility index (Phi) is 3.69. The minimum Gasteiger partial charge on any atom is -0.464 e. The van der Waals surface area contributed by atoms with E-state index in [4.69, 9.17) is 4.74 Å². The smallest absolute Gasteiger partial charge is 0.318 e. The van der Waals surface area contributed by atoms with Gasteiger partial charge < -0.3 is 15.0 Å². The van der Waals surface area contributed by atoms with Crippen molar-refractivity contribution in [1.29, 1.82) is 0 Å². The fraction of sp³-hybridized carbons (Fsp3) is 0.467. The standard InChI is InChI=1S/C15H20N4O/c1-3-20-15-17-12-6-4-5-11(2)13(12)14(18-15)19-9-7-16-8-10-19/h4-6,16H,3,7-10H2,1-2H3. The molecule has 0 aliphatic carbocycles. The number of piperazine rings is 1. The predicted molar refractivity (Wildman–Crippen MR) is 80.5 cm³/mol. The molecule has 106 valence electrons. The molecule has 0 amide bonds. The van der Waals surface area contributed by atoms with Crippen molar-refractivity contribution in [2.75, 3.05) is 37.7 Å². The number of ether oxygens (including phenoxy) is 1. The van der Waals surface area contributed by atoms with Gasteiger partial charge in [-0.2, -0.15) is 9.97 Å². The summed E-state index contributed by atoms with van der Waals surface area (Å²) in [5.41, 5.74) is 2.16. The fourth-order valence-corrected chi connectivity index (χ4v) is 2.61. The van der Waals surface area contributed by atoms with Crippen LogP contribution in [0.25, 0.3) is 10.9 Å². The summed E-state index contributed by atoms with van der Waals surface area (Å²) < 4.78 is 5.52. The van der Waals surface area contributed by atoms with Crippen molar-refractivity contribution in [2.24, 2.45) is 0 Å². The zero-order valence-electron chi connectivity index (χ0n) is 12.0. The third kappa shape index (κ3) is 2.41. The van der Waals surface area contributed by atoms with Crippen molar-refractivity contribution in [2.45, 2.75) is 13.8 Å². The van der Waals surface area contributed by atoms with Crippen LogP contribution in [0.15, 0.2) is 18.2 Å². The lowest BCUT2D eigenvalue weighted by atomic mass is 10.1. The third-order valence-corrected chi connectivity index (χ3v) is 3.58. The molecule has 0 atom stereocenters. The van der Waals surface area contributed by atoms with Crippen molar-refractivity contribution in [1.82, 2.24) is 15.3 Å². The van der Waals surface area contributed by atoms with Crippen molar-refractivity contribution in [3.05, 3.63) is 23.8 Å². The molecule has 5 heteroatoms. The summed E-state index contributed by atoms with van der Waals surface area (Å²) in [6.07, 6.45) is 0. The number of rotatable bonds is 3. The van der Waals surface area contributed by atoms with Crippen LogP contribution in [0, 0.1) is 6.92 Å². The fourth-order valence-electron chi connectivity index (χ4n) is 2.61. The van der Waals surface area contributed by atoms with Crippen LogP contribution >= 0.6 is 0 Å². The minimum atomic E-state index is 0.471. The maximum absolute atomic E-state index is 5.52. The lowest BCUT2D eigenvalue weighted by Crippen LogP contribution is -2.44. The predicted octanol–water partition coefficient (Wildman–Crippen LogP) is 1.75. The first-order chi connectivity index (χ1) is 9.79. The van der Waals surface area contributed by atoms with Crippen LogP contribution in [-0.2, 0) is 0 Å². The average Bonchev–Trinajstić information content (AvgIpc) is 2.48. The van der Waals surface area contributed by atoms with E-state index in [0.29, 0.717) is 12.6 Å². The van der Waals surface area contributed by atoms with Crippen molar-refractivity contribution < 1.29 is 4.74 Å². The van der Waals surface area contributed by atoms with Crippen LogP contribution in [0.1, 0.15) is 12.5 Å². The lowest BCUT2D eigenvalue weighted by Gasteiger charge is -2.29. The monoisotopic (exact) mass is 272 g/mol. The minimum absolute atomic E-state index is 0.471. The highest BCUT2D eigenvalue weighted by molar-refractivity contribution is 5.92. The van der Waals surface area contributed by atoms with Gasteiger partial charge in [-0.15, -0.1) is 0 Å². The molecule has 0 bridgehead atoms. The van der Waals surface area contributed by atoms with Crippen LogP contribution in [0.5, 0.6) is 6.01 Å².